The van der Waals surface area contributed by atoms with Gasteiger partial charge < -0.3 is 14.4 Å². The van der Waals surface area contributed by atoms with Crippen molar-refractivity contribution in [2.75, 3.05) is 26.3 Å². The van der Waals surface area contributed by atoms with Gasteiger partial charge in [0.2, 0.25) is 11.8 Å². The first kappa shape index (κ1) is 19.8. The van der Waals surface area contributed by atoms with Crippen molar-refractivity contribution in [2.24, 2.45) is 0 Å². The van der Waals surface area contributed by atoms with Gasteiger partial charge in [-0.2, -0.15) is 0 Å². The highest BCUT2D eigenvalue weighted by molar-refractivity contribution is 9.10. The van der Waals surface area contributed by atoms with Crippen LogP contribution in [0, 0.1) is 5.82 Å². The van der Waals surface area contributed by atoms with Crippen LogP contribution in [-0.2, 0) is 9.53 Å². The van der Waals surface area contributed by atoms with Gasteiger partial charge in [-0.1, -0.05) is 17.7 Å². The third-order valence-electron chi connectivity index (χ3n) is 3.93. The van der Waals surface area contributed by atoms with Crippen LogP contribution in [0.3, 0.4) is 0 Å². The summed E-state index contributed by atoms with van der Waals surface area (Å²) in [5.41, 5.74) is 0.735. The monoisotopic (exact) mass is 454 g/mol. The van der Waals surface area contributed by atoms with Crippen LogP contribution in [0.25, 0.3) is 6.08 Å². The smallest absolute Gasteiger partial charge is 0.246 e. The minimum Gasteiger partial charge on any atom is -0.475 e. The molecule has 2 heterocycles. The molecule has 1 aliphatic heterocycles. The predicted molar refractivity (Wildman–Crippen MR) is 104 cm³/mol. The fourth-order valence-corrected chi connectivity index (χ4v) is 3.04. The molecule has 2 aromatic rings. The van der Waals surface area contributed by atoms with Crippen LogP contribution in [0.1, 0.15) is 5.56 Å². The van der Waals surface area contributed by atoms with E-state index in [1.54, 1.807) is 35.2 Å². The van der Waals surface area contributed by atoms with Gasteiger partial charge >= 0.3 is 0 Å². The summed E-state index contributed by atoms with van der Waals surface area (Å²) < 4.78 is 24.9. The van der Waals surface area contributed by atoms with Crippen molar-refractivity contribution >= 4 is 39.5 Å². The molecule has 0 aliphatic carbocycles. The van der Waals surface area contributed by atoms with E-state index < -0.39 is 0 Å². The molecular formula is C19H17BrClFN2O3. The summed E-state index contributed by atoms with van der Waals surface area (Å²) in [5, 5.41) is 0.535. The first-order valence-electron chi connectivity index (χ1n) is 8.29. The van der Waals surface area contributed by atoms with E-state index in [9.17, 15) is 9.18 Å². The Labute approximate surface area is 169 Å². The van der Waals surface area contributed by atoms with E-state index >= 15 is 0 Å². The van der Waals surface area contributed by atoms with Crippen LogP contribution in [0.4, 0.5) is 4.39 Å². The summed E-state index contributed by atoms with van der Waals surface area (Å²) in [6.45, 7) is 1.65. The molecule has 0 saturated carbocycles. The average Bonchev–Trinajstić information content (AvgIpc) is 2.68. The van der Waals surface area contributed by atoms with Crippen LogP contribution < -0.4 is 4.74 Å². The number of halogens is 3. The summed E-state index contributed by atoms with van der Waals surface area (Å²) in [4.78, 5) is 18.2. The molecule has 1 fully saturated rings. The zero-order valence-electron chi connectivity index (χ0n) is 14.3. The van der Waals surface area contributed by atoms with Crippen molar-refractivity contribution in [3.8, 4) is 5.88 Å². The van der Waals surface area contributed by atoms with Crippen molar-refractivity contribution in [3.63, 3.8) is 0 Å². The zero-order valence-corrected chi connectivity index (χ0v) is 16.6. The molecule has 0 spiro atoms. The van der Waals surface area contributed by atoms with Crippen molar-refractivity contribution in [1.82, 2.24) is 9.88 Å². The Bertz CT molecular complexity index is 832. The third-order valence-corrected chi connectivity index (χ3v) is 4.76. The second-order valence-corrected chi connectivity index (χ2v) is 7.20. The maximum Gasteiger partial charge on any atom is 0.246 e. The number of benzene rings is 1. The number of morpholine rings is 1. The fraction of sp³-hybridized carbons (Fsp3) is 0.263. The van der Waals surface area contributed by atoms with Crippen LogP contribution in [0.2, 0.25) is 5.02 Å². The van der Waals surface area contributed by atoms with Gasteiger partial charge in [0, 0.05) is 24.9 Å². The number of aromatic nitrogens is 1. The molecule has 0 bridgehead atoms. The molecule has 0 N–H and O–H groups in total. The molecule has 27 heavy (non-hydrogen) atoms. The topological polar surface area (TPSA) is 51.7 Å². The summed E-state index contributed by atoms with van der Waals surface area (Å²) in [5.74, 6) is -0.0220. The SMILES string of the molecule is O=C(/C=C/c1ccc(F)c(Br)c1)N1CCOC(COc2ccc(Cl)cn2)C1. The van der Waals surface area contributed by atoms with Crippen molar-refractivity contribution in [1.29, 1.82) is 0 Å². The summed E-state index contributed by atoms with van der Waals surface area (Å²) in [6, 6.07) is 7.95. The van der Waals surface area contributed by atoms with E-state index in [1.807, 2.05) is 0 Å². The lowest BCUT2D eigenvalue weighted by atomic mass is 10.2. The van der Waals surface area contributed by atoms with Gasteiger partial charge in [-0.05, 0) is 45.8 Å². The van der Waals surface area contributed by atoms with Crippen LogP contribution in [-0.4, -0.2) is 48.2 Å². The lowest BCUT2D eigenvalue weighted by Gasteiger charge is -2.32. The summed E-state index contributed by atoms with van der Waals surface area (Å²) in [6.07, 6.45) is 4.40. The first-order chi connectivity index (χ1) is 13.0. The van der Waals surface area contributed by atoms with Gasteiger partial charge in [-0.3, -0.25) is 4.79 Å². The lowest BCUT2D eigenvalue weighted by molar-refractivity contribution is -0.134. The second-order valence-electron chi connectivity index (χ2n) is 5.91. The molecule has 142 valence electrons. The number of hydrogen-bond donors (Lipinski definition) is 0. The molecule has 0 radical (unpaired) electrons. The van der Waals surface area contributed by atoms with Gasteiger partial charge in [0.1, 0.15) is 18.5 Å². The largest absolute Gasteiger partial charge is 0.475 e. The van der Waals surface area contributed by atoms with Gasteiger partial charge in [-0.15, -0.1) is 0 Å². The van der Waals surface area contributed by atoms with Crippen molar-refractivity contribution in [2.45, 2.75) is 6.10 Å². The van der Waals surface area contributed by atoms with E-state index in [1.165, 1.54) is 18.3 Å². The Morgan fingerprint density at radius 1 is 1.44 bits per heavy atom. The van der Waals surface area contributed by atoms with Crippen molar-refractivity contribution in [3.05, 3.63) is 63.5 Å². The zero-order chi connectivity index (χ0) is 19.2. The van der Waals surface area contributed by atoms with Gasteiger partial charge in [0.15, 0.2) is 0 Å². The molecule has 1 aromatic heterocycles. The number of carbonyl (C=O) groups excluding carboxylic acids is 1. The number of hydrogen-bond acceptors (Lipinski definition) is 4. The van der Waals surface area contributed by atoms with E-state index in [2.05, 4.69) is 20.9 Å². The van der Waals surface area contributed by atoms with E-state index in [-0.39, 0.29) is 24.4 Å². The van der Waals surface area contributed by atoms with Crippen LogP contribution in [0.15, 0.2) is 47.1 Å². The molecule has 1 unspecified atom stereocenters. The maximum absolute atomic E-state index is 13.3. The molecule has 1 atom stereocenters. The molecule has 1 amide bonds. The molecular weight excluding hydrogens is 439 g/mol. The van der Waals surface area contributed by atoms with E-state index in [0.717, 1.165) is 5.56 Å². The molecule has 8 heteroatoms. The number of pyridine rings is 1. The second kappa shape index (κ2) is 9.30. The standard InChI is InChI=1S/C19H17BrClFN2O3/c20-16-9-13(1-4-17(16)22)2-6-19(25)24-7-8-26-15(11-24)12-27-18-5-3-14(21)10-23-18/h1-6,9-10,15H,7-8,11-12H2/b6-2+. The van der Waals surface area contributed by atoms with Gasteiger partial charge in [0.25, 0.3) is 0 Å². The summed E-state index contributed by atoms with van der Waals surface area (Å²) >= 11 is 8.92. The van der Waals surface area contributed by atoms with Gasteiger partial charge in [-0.25, -0.2) is 9.37 Å². The highest BCUT2D eigenvalue weighted by Gasteiger charge is 2.23. The molecule has 1 aromatic carbocycles. The molecule has 3 rings (SSSR count). The Hall–Kier alpha value is -1.96. The first-order valence-corrected chi connectivity index (χ1v) is 9.46. The highest BCUT2D eigenvalue weighted by Crippen LogP contribution is 2.18. The molecule has 1 saturated heterocycles. The summed E-state index contributed by atoms with van der Waals surface area (Å²) in [7, 11) is 0. The maximum atomic E-state index is 13.3. The Kier molecular flexibility index (Phi) is 6.82. The quantitative estimate of drug-likeness (QED) is 0.641. The van der Waals surface area contributed by atoms with E-state index in [0.29, 0.717) is 35.1 Å². The van der Waals surface area contributed by atoms with Crippen LogP contribution >= 0.6 is 27.5 Å². The highest BCUT2D eigenvalue weighted by atomic mass is 79.9. The number of rotatable bonds is 5. The minimum absolute atomic E-state index is 0.131. The Morgan fingerprint density at radius 3 is 3.04 bits per heavy atom. The predicted octanol–water partition coefficient (Wildman–Crippen LogP) is 3.96. The number of carbonyl (C=O) groups is 1. The lowest BCUT2D eigenvalue weighted by Crippen LogP contribution is -2.47. The molecule has 5 nitrogen and oxygen atoms in total. The number of nitrogens with zero attached hydrogens (tertiary/aromatic N) is 2. The third kappa shape index (κ3) is 5.76. The normalized spacial score (nSPS) is 17.3. The molecule has 1 aliphatic rings. The average molecular weight is 456 g/mol. The van der Waals surface area contributed by atoms with Crippen LogP contribution in [0.5, 0.6) is 5.88 Å². The van der Waals surface area contributed by atoms with Gasteiger partial charge in [0.05, 0.1) is 22.6 Å². The Balaban J connectivity index is 1.53. The fourth-order valence-electron chi connectivity index (χ4n) is 2.54. The number of amides is 1. The van der Waals surface area contributed by atoms with Crippen molar-refractivity contribution < 1.29 is 18.7 Å². The van der Waals surface area contributed by atoms with E-state index in [4.69, 9.17) is 21.1 Å². The number of ether oxygens (including phenoxy) is 2. The minimum atomic E-state index is -0.343. The Morgan fingerprint density at radius 2 is 2.30 bits per heavy atom.